The van der Waals surface area contributed by atoms with Crippen LogP contribution in [0.3, 0.4) is 0 Å². The average molecular weight is 538 g/mol. The van der Waals surface area contributed by atoms with E-state index in [4.69, 9.17) is 17.8 Å². The molecule has 4 heterocycles. The van der Waals surface area contributed by atoms with E-state index in [0.717, 1.165) is 0 Å². The number of ether oxygens (including phenoxy) is 2. The Hall–Kier alpha value is -4.24. The summed E-state index contributed by atoms with van der Waals surface area (Å²) in [4.78, 5) is 37.7. The third-order valence-corrected chi connectivity index (χ3v) is 6.95. The number of anilines is 1. The van der Waals surface area contributed by atoms with Crippen LogP contribution in [0.2, 0.25) is 0 Å². The lowest BCUT2D eigenvalue weighted by molar-refractivity contribution is -0.0595. The minimum Gasteiger partial charge on any atom is -0.459 e. The SMILES string of the molecule is O=C(Nc1ncnc2c1ncn2[C@H]1O[C@@H](COC(=O)c2ccccc2)[C@H]2OS(=O)(=O)O[C@@H]21)c1ccccc1. The quantitative estimate of drug-likeness (QED) is 0.357. The summed E-state index contributed by atoms with van der Waals surface area (Å²) in [5.74, 6) is -0.839. The van der Waals surface area contributed by atoms with E-state index in [9.17, 15) is 18.0 Å². The number of hydrogen-bond acceptors (Lipinski definition) is 11. The molecule has 4 atom stereocenters. The minimum absolute atomic E-state index is 0.154. The third kappa shape index (κ3) is 4.50. The van der Waals surface area contributed by atoms with E-state index in [1.54, 1.807) is 60.7 Å². The zero-order valence-electron chi connectivity index (χ0n) is 19.4. The van der Waals surface area contributed by atoms with E-state index in [1.807, 2.05) is 0 Å². The van der Waals surface area contributed by atoms with Crippen LogP contribution in [0.1, 0.15) is 26.9 Å². The van der Waals surface area contributed by atoms with Crippen molar-refractivity contribution in [1.29, 1.82) is 0 Å². The molecule has 4 aromatic rings. The highest BCUT2D eigenvalue weighted by atomic mass is 32.3. The molecule has 2 aromatic carbocycles. The molecule has 2 saturated heterocycles. The second-order valence-corrected chi connectivity index (χ2v) is 9.63. The highest BCUT2D eigenvalue weighted by molar-refractivity contribution is 7.82. The van der Waals surface area contributed by atoms with E-state index < -0.39 is 46.8 Å². The first kappa shape index (κ1) is 24.1. The highest BCUT2D eigenvalue weighted by Gasteiger charge is 2.57. The van der Waals surface area contributed by atoms with Gasteiger partial charge in [-0.05, 0) is 24.3 Å². The van der Waals surface area contributed by atoms with Crippen molar-refractivity contribution >= 4 is 39.3 Å². The van der Waals surface area contributed by atoms with Crippen molar-refractivity contribution in [3.05, 3.63) is 84.4 Å². The van der Waals surface area contributed by atoms with Crippen molar-refractivity contribution in [1.82, 2.24) is 19.5 Å². The predicted octanol–water partition coefficient (Wildman–Crippen LogP) is 1.86. The molecule has 1 amide bonds. The molecular weight excluding hydrogens is 518 g/mol. The summed E-state index contributed by atoms with van der Waals surface area (Å²) < 4.78 is 47.4. The monoisotopic (exact) mass is 537 g/mol. The zero-order valence-corrected chi connectivity index (χ0v) is 20.2. The first-order valence-electron chi connectivity index (χ1n) is 11.4. The Morgan fingerprint density at radius 3 is 2.34 bits per heavy atom. The van der Waals surface area contributed by atoms with Gasteiger partial charge in [0.1, 0.15) is 25.1 Å². The van der Waals surface area contributed by atoms with Gasteiger partial charge in [-0.15, -0.1) is 0 Å². The van der Waals surface area contributed by atoms with Crippen molar-refractivity contribution in [2.75, 3.05) is 11.9 Å². The molecule has 14 heteroatoms. The van der Waals surface area contributed by atoms with Gasteiger partial charge in [0.05, 0.1) is 11.9 Å². The molecule has 0 spiro atoms. The molecule has 0 radical (unpaired) electrons. The molecule has 2 aliphatic rings. The minimum atomic E-state index is -4.31. The second-order valence-electron chi connectivity index (χ2n) is 8.43. The third-order valence-electron chi connectivity index (χ3n) is 6.03. The maximum atomic E-state index is 12.6. The standard InChI is InChI=1S/C24H19N5O8S/c30-22(14-7-3-1-4-8-14)28-20-17-21(26-12-25-20)29(13-27-17)23-19-18(36-38(32,33)37-19)16(35-23)11-34-24(31)15-9-5-2-6-10-15/h1-10,12-13,16,18-19,23H,11H2,(H,25,26,28,30)/t16-,18+,19-,23-/m0/s1. The van der Waals surface area contributed by atoms with Gasteiger partial charge in [0.15, 0.2) is 29.3 Å². The molecule has 194 valence electrons. The maximum Gasteiger partial charge on any atom is 0.400 e. The van der Waals surface area contributed by atoms with Gasteiger partial charge >= 0.3 is 16.4 Å². The summed E-state index contributed by atoms with van der Waals surface area (Å²) in [6, 6.07) is 16.9. The number of esters is 1. The van der Waals surface area contributed by atoms with Crippen LogP contribution in [0.25, 0.3) is 11.2 Å². The van der Waals surface area contributed by atoms with Gasteiger partial charge in [0.2, 0.25) is 0 Å². The van der Waals surface area contributed by atoms with Crippen molar-refractivity contribution in [2.24, 2.45) is 0 Å². The van der Waals surface area contributed by atoms with Crippen LogP contribution in [-0.2, 0) is 28.2 Å². The van der Waals surface area contributed by atoms with Gasteiger partial charge in [0.25, 0.3) is 5.91 Å². The fourth-order valence-electron chi connectivity index (χ4n) is 4.29. The van der Waals surface area contributed by atoms with Crippen LogP contribution in [0.4, 0.5) is 5.82 Å². The van der Waals surface area contributed by atoms with Gasteiger partial charge in [-0.25, -0.2) is 28.1 Å². The topological polar surface area (TPSA) is 161 Å². The summed E-state index contributed by atoms with van der Waals surface area (Å²) in [5.41, 5.74) is 1.26. The van der Waals surface area contributed by atoms with Crippen LogP contribution in [0.15, 0.2) is 73.3 Å². The van der Waals surface area contributed by atoms with Gasteiger partial charge < -0.3 is 14.8 Å². The Bertz CT molecular complexity index is 1610. The first-order valence-corrected chi connectivity index (χ1v) is 12.8. The Kier molecular flexibility index (Phi) is 6.07. The second kappa shape index (κ2) is 9.57. The average Bonchev–Trinajstić information content (AvgIpc) is 3.59. The summed E-state index contributed by atoms with van der Waals surface area (Å²) in [7, 11) is -4.31. The Morgan fingerprint density at radius 1 is 0.921 bits per heavy atom. The summed E-state index contributed by atoms with van der Waals surface area (Å²) >= 11 is 0. The largest absolute Gasteiger partial charge is 0.459 e. The molecule has 1 N–H and O–H groups in total. The highest BCUT2D eigenvalue weighted by Crippen LogP contribution is 2.41. The summed E-state index contributed by atoms with van der Waals surface area (Å²) in [6.07, 6.45) is -1.59. The van der Waals surface area contributed by atoms with Gasteiger partial charge in [-0.3, -0.25) is 9.36 Å². The maximum absolute atomic E-state index is 12.6. The molecule has 6 rings (SSSR count). The smallest absolute Gasteiger partial charge is 0.400 e. The number of nitrogens with zero attached hydrogens (tertiary/aromatic N) is 4. The number of rotatable bonds is 6. The van der Waals surface area contributed by atoms with Crippen LogP contribution < -0.4 is 5.32 Å². The van der Waals surface area contributed by atoms with Crippen LogP contribution in [-0.4, -0.2) is 64.7 Å². The van der Waals surface area contributed by atoms with E-state index in [2.05, 4.69) is 20.3 Å². The van der Waals surface area contributed by atoms with Crippen molar-refractivity contribution in [2.45, 2.75) is 24.5 Å². The number of carbonyl (C=O) groups excluding carboxylic acids is 2. The molecular formula is C24H19N5O8S. The fourth-order valence-corrected chi connectivity index (χ4v) is 5.32. The lowest BCUT2D eigenvalue weighted by atomic mass is 10.1. The number of benzene rings is 2. The number of hydrogen-bond donors (Lipinski definition) is 1. The number of aromatic nitrogens is 4. The zero-order chi connectivity index (χ0) is 26.3. The van der Waals surface area contributed by atoms with Crippen molar-refractivity contribution in [3.63, 3.8) is 0 Å². The summed E-state index contributed by atoms with van der Waals surface area (Å²) in [6.45, 7) is -0.287. The van der Waals surface area contributed by atoms with Crippen molar-refractivity contribution in [3.8, 4) is 0 Å². The Morgan fingerprint density at radius 2 is 1.61 bits per heavy atom. The van der Waals surface area contributed by atoms with E-state index in [-0.39, 0.29) is 23.6 Å². The number of imidazole rings is 1. The molecule has 0 aliphatic carbocycles. The van der Waals surface area contributed by atoms with Gasteiger partial charge in [-0.1, -0.05) is 36.4 Å². The van der Waals surface area contributed by atoms with Crippen molar-refractivity contribution < 1.29 is 35.8 Å². The number of amides is 1. The summed E-state index contributed by atoms with van der Waals surface area (Å²) in [5, 5.41) is 2.71. The molecule has 38 heavy (non-hydrogen) atoms. The lowest BCUT2D eigenvalue weighted by Crippen LogP contribution is -2.32. The van der Waals surface area contributed by atoms with E-state index >= 15 is 0 Å². The molecule has 13 nitrogen and oxygen atoms in total. The number of carbonyl (C=O) groups is 2. The molecule has 2 aliphatic heterocycles. The fraction of sp³-hybridized carbons (Fsp3) is 0.208. The lowest BCUT2D eigenvalue weighted by Gasteiger charge is -2.18. The molecule has 0 bridgehead atoms. The number of fused-ring (bicyclic) bond motifs is 2. The van der Waals surface area contributed by atoms with Crippen LogP contribution in [0.5, 0.6) is 0 Å². The van der Waals surface area contributed by atoms with E-state index in [0.29, 0.717) is 11.1 Å². The van der Waals surface area contributed by atoms with Gasteiger partial charge in [-0.2, -0.15) is 8.42 Å². The van der Waals surface area contributed by atoms with Crippen LogP contribution >= 0.6 is 0 Å². The Balaban J connectivity index is 1.26. The first-order chi connectivity index (χ1) is 18.4. The predicted molar refractivity (Wildman–Crippen MR) is 129 cm³/mol. The molecule has 2 aromatic heterocycles. The van der Waals surface area contributed by atoms with Gasteiger partial charge in [0, 0.05) is 5.56 Å². The molecule has 0 saturated carbocycles. The van der Waals surface area contributed by atoms with E-state index in [1.165, 1.54) is 17.2 Å². The normalized spacial score (nSPS) is 23.7. The van der Waals surface area contributed by atoms with Crippen LogP contribution in [0, 0.1) is 0 Å². The Labute approximate surface area is 215 Å². The molecule has 2 fully saturated rings. The number of nitrogens with one attached hydrogen (secondary N) is 1. The molecule has 0 unspecified atom stereocenters.